The molecule has 0 amide bonds. The first kappa shape index (κ1) is 19.0. The van der Waals surface area contributed by atoms with Gasteiger partial charge in [-0.1, -0.05) is 50.1 Å². The van der Waals surface area contributed by atoms with Crippen molar-refractivity contribution in [2.24, 2.45) is 15.2 Å². The number of aliphatic imine (C=N–C) groups is 1. The second kappa shape index (κ2) is 9.82. The fourth-order valence-electron chi connectivity index (χ4n) is 2.29. The summed E-state index contributed by atoms with van der Waals surface area (Å²) in [6, 6.07) is 17.3. The van der Waals surface area contributed by atoms with E-state index in [0.717, 1.165) is 30.0 Å². The topological polar surface area (TPSA) is 46.3 Å². The maximum Gasteiger partial charge on any atom is 0.202 e. The molecule has 5 heteroatoms. The maximum atomic E-state index is 5.70. The van der Waals surface area contributed by atoms with Gasteiger partial charge in [0.05, 0.1) is 17.5 Å². The lowest BCUT2D eigenvalue weighted by molar-refractivity contribution is 0.306. The van der Waals surface area contributed by atoms with Crippen molar-refractivity contribution in [1.29, 1.82) is 0 Å². The highest BCUT2D eigenvalue weighted by molar-refractivity contribution is 7.78. The Labute approximate surface area is 154 Å². The molecule has 2 aromatic carbocycles. The lowest BCUT2D eigenvalue weighted by Gasteiger charge is -2.17. The largest absolute Gasteiger partial charge is 0.494 e. The first-order valence-corrected chi connectivity index (χ1v) is 8.89. The number of nitrogens with zero attached hydrogens (tertiary/aromatic N) is 3. The van der Waals surface area contributed by atoms with Crippen LogP contribution in [0, 0.1) is 0 Å². The zero-order valence-electron chi connectivity index (χ0n) is 14.7. The molecule has 25 heavy (non-hydrogen) atoms. The Hall–Kier alpha value is -2.36. The van der Waals surface area contributed by atoms with Crippen LogP contribution in [0.3, 0.4) is 0 Å². The number of ether oxygens (including phenoxy) is 1. The van der Waals surface area contributed by atoms with E-state index < -0.39 is 5.66 Å². The third-order valence-corrected chi connectivity index (χ3v) is 3.89. The van der Waals surface area contributed by atoms with Gasteiger partial charge in [-0.2, -0.15) is 15.2 Å². The van der Waals surface area contributed by atoms with Crippen molar-refractivity contribution in [3.05, 3.63) is 60.2 Å². The van der Waals surface area contributed by atoms with Gasteiger partial charge in [0.15, 0.2) is 0 Å². The van der Waals surface area contributed by atoms with Gasteiger partial charge in [-0.15, -0.1) is 0 Å². The smallest absolute Gasteiger partial charge is 0.202 e. The van der Waals surface area contributed by atoms with Crippen molar-refractivity contribution < 1.29 is 4.74 Å². The summed E-state index contributed by atoms with van der Waals surface area (Å²) in [5.74, 6) is 0.845. The molecule has 0 saturated carbocycles. The third-order valence-electron chi connectivity index (χ3n) is 3.80. The van der Waals surface area contributed by atoms with Crippen molar-refractivity contribution in [3.8, 4) is 5.75 Å². The molecule has 4 nitrogen and oxygen atoms in total. The van der Waals surface area contributed by atoms with Crippen molar-refractivity contribution in [2.45, 2.75) is 38.8 Å². The summed E-state index contributed by atoms with van der Waals surface area (Å²) in [6.45, 7) is 4.78. The lowest BCUT2D eigenvalue weighted by atomic mass is 10.0. The van der Waals surface area contributed by atoms with Crippen LogP contribution in [0.5, 0.6) is 5.75 Å². The van der Waals surface area contributed by atoms with Crippen LogP contribution in [-0.2, 0) is 5.66 Å². The molecule has 0 aliphatic rings. The molecule has 2 rings (SSSR count). The molecule has 0 aliphatic heterocycles. The van der Waals surface area contributed by atoms with E-state index in [1.54, 1.807) is 0 Å². The summed E-state index contributed by atoms with van der Waals surface area (Å²) in [5.41, 5.74) is 0.771. The predicted octanol–water partition coefficient (Wildman–Crippen LogP) is 6.32. The summed E-state index contributed by atoms with van der Waals surface area (Å²) in [4.78, 5) is 4.20. The Morgan fingerprint density at radius 2 is 1.76 bits per heavy atom. The maximum absolute atomic E-state index is 5.70. The lowest BCUT2D eigenvalue weighted by Crippen LogP contribution is -2.14. The van der Waals surface area contributed by atoms with Crippen LogP contribution >= 0.6 is 12.2 Å². The quantitative estimate of drug-likeness (QED) is 0.229. The number of azo groups is 1. The number of benzene rings is 2. The molecule has 1 unspecified atom stereocenters. The van der Waals surface area contributed by atoms with E-state index >= 15 is 0 Å². The van der Waals surface area contributed by atoms with Gasteiger partial charge in [0.2, 0.25) is 5.66 Å². The standard InChI is InChI=1S/C20H23N3OS/c1-3-4-8-15-24-19-13-11-18(12-14-19)22-23-20(2,21-16-25)17-9-6-5-7-10-17/h5-7,9-14H,3-4,8,15H2,1-2H3. The van der Waals surface area contributed by atoms with E-state index in [0.29, 0.717) is 0 Å². The minimum atomic E-state index is -0.877. The third kappa shape index (κ3) is 5.89. The fraction of sp³-hybridized carbons (Fsp3) is 0.350. The van der Waals surface area contributed by atoms with Gasteiger partial charge < -0.3 is 4.74 Å². The SMILES string of the molecule is CCCCCOc1ccc(N=NC(C)(N=C=S)c2ccccc2)cc1. The number of thiocarbonyl (C=S) groups is 1. The first-order valence-electron chi connectivity index (χ1n) is 8.48. The molecule has 0 radical (unpaired) electrons. The fourth-order valence-corrected chi connectivity index (χ4v) is 2.47. The first-order chi connectivity index (χ1) is 12.2. The number of hydrogen-bond donors (Lipinski definition) is 0. The molecule has 0 heterocycles. The highest BCUT2D eigenvalue weighted by Crippen LogP contribution is 2.29. The molecule has 0 fully saturated rings. The molecule has 0 N–H and O–H groups in total. The summed E-state index contributed by atoms with van der Waals surface area (Å²) >= 11 is 4.77. The number of isothiocyanates is 1. The van der Waals surface area contributed by atoms with Crippen LogP contribution in [0.15, 0.2) is 69.8 Å². The van der Waals surface area contributed by atoms with Gasteiger partial charge in [0.25, 0.3) is 0 Å². The van der Waals surface area contributed by atoms with Crippen molar-refractivity contribution in [3.63, 3.8) is 0 Å². The Kier molecular flexibility index (Phi) is 7.45. The molecule has 0 aromatic heterocycles. The molecule has 2 aromatic rings. The van der Waals surface area contributed by atoms with Crippen LogP contribution in [0.2, 0.25) is 0 Å². The Bertz CT molecular complexity index is 724. The van der Waals surface area contributed by atoms with Gasteiger partial charge in [0, 0.05) is 5.56 Å². The second-order valence-electron chi connectivity index (χ2n) is 5.84. The molecule has 130 valence electrons. The van der Waals surface area contributed by atoms with Gasteiger partial charge in [-0.05, 0) is 49.8 Å². The van der Waals surface area contributed by atoms with Crippen LogP contribution in [0.4, 0.5) is 5.69 Å². The van der Waals surface area contributed by atoms with E-state index in [-0.39, 0.29) is 0 Å². The van der Waals surface area contributed by atoms with Crippen molar-refractivity contribution >= 4 is 23.1 Å². The van der Waals surface area contributed by atoms with Gasteiger partial charge in [-0.3, -0.25) is 0 Å². The molecule has 0 spiro atoms. The normalized spacial score (nSPS) is 13.2. The van der Waals surface area contributed by atoms with Crippen LogP contribution in [-0.4, -0.2) is 11.8 Å². The van der Waals surface area contributed by atoms with Crippen LogP contribution < -0.4 is 4.74 Å². The molecule has 0 aliphatic carbocycles. The summed E-state index contributed by atoms with van der Waals surface area (Å²) in [5, 5.41) is 11.1. The minimum absolute atomic E-state index is 0.739. The van der Waals surface area contributed by atoms with Gasteiger partial charge in [-0.25, -0.2) is 0 Å². The van der Waals surface area contributed by atoms with Crippen molar-refractivity contribution in [2.75, 3.05) is 6.61 Å². The zero-order valence-corrected chi connectivity index (χ0v) is 15.5. The average molecular weight is 353 g/mol. The summed E-state index contributed by atoms with van der Waals surface area (Å²) in [7, 11) is 0. The molecule has 0 bridgehead atoms. The van der Waals surface area contributed by atoms with Gasteiger partial charge in [0.1, 0.15) is 5.75 Å². The zero-order chi connectivity index (χ0) is 18.0. The monoisotopic (exact) mass is 353 g/mol. The summed E-state index contributed by atoms with van der Waals surface area (Å²) < 4.78 is 5.70. The summed E-state index contributed by atoms with van der Waals surface area (Å²) in [6.07, 6.45) is 3.45. The van der Waals surface area contributed by atoms with E-state index in [4.69, 9.17) is 17.0 Å². The van der Waals surface area contributed by atoms with E-state index in [1.165, 1.54) is 12.8 Å². The Morgan fingerprint density at radius 1 is 1.04 bits per heavy atom. The molecule has 0 saturated heterocycles. The van der Waals surface area contributed by atoms with Crippen molar-refractivity contribution in [1.82, 2.24) is 0 Å². The Morgan fingerprint density at radius 3 is 2.40 bits per heavy atom. The van der Waals surface area contributed by atoms with Crippen LogP contribution in [0.1, 0.15) is 38.7 Å². The average Bonchev–Trinajstić information content (AvgIpc) is 2.65. The second-order valence-corrected chi connectivity index (χ2v) is 6.02. The number of hydrogen-bond acceptors (Lipinski definition) is 5. The minimum Gasteiger partial charge on any atom is -0.494 e. The molecular formula is C20H23N3OS. The highest BCUT2D eigenvalue weighted by Gasteiger charge is 2.24. The molecule has 1 atom stereocenters. The highest BCUT2D eigenvalue weighted by atomic mass is 32.1. The predicted molar refractivity (Wildman–Crippen MR) is 105 cm³/mol. The van der Waals surface area contributed by atoms with Crippen LogP contribution in [0.25, 0.3) is 0 Å². The van der Waals surface area contributed by atoms with E-state index in [9.17, 15) is 0 Å². The number of rotatable bonds is 9. The van der Waals surface area contributed by atoms with E-state index in [1.807, 2.05) is 61.5 Å². The molecular weight excluding hydrogens is 330 g/mol. The van der Waals surface area contributed by atoms with E-state index in [2.05, 4.69) is 27.3 Å². The van der Waals surface area contributed by atoms with Gasteiger partial charge >= 0.3 is 0 Å². The Balaban J connectivity index is 2.07. The number of unbranched alkanes of at least 4 members (excludes halogenated alkanes) is 2.